The summed E-state index contributed by atoms with van der Waals surface area (Å²) in [6.45, 7) is 2.71. The van der Waals surface area contributed by atoms with E-state index in [2.05, 4.69) is 28.2 Å². The first-order valence-corrected chi connectivity index (χ1v) is 9.39. The highest BCUT2D eigenvalue weighted by Gasteiger charge is 2.35. The van der Waals surface area contributed by atoms with Gasteiger partial charge in [0, 0.05) is 16.7 Å². The van der Waals surface area contributed by atoms with Gasteiger partial charge in [0.2, 0.25) is 5.91 Å². The molecule has 0 spiro atoms. The summed E-state index contributed by atoms with van der Waals surface area (Å²) < 4.78 is 1.48. The van der Waals surface area contributed by atoms with Crippen molar-refractivity contribution in [1.82, 2.24) is 4.90 Å². The highest BCUT2D eigenvalue weighted by Crippen LogP contribution is 2.39. The van der Waals surface area contributed by atoms with Gasteiger partial charge >= 0.3 is 0 Å². The molecule has 1 atom stereocenters. The maximum absolute atomic E-state index is 12.5. The van der Waals surface area contributed by atoms with Crippen LogP contribution in [0.3, 0.4) is 0 Å². The first-order chi connectivity index (χ1) is 11.0. The van der Waals surface area contributed by atoms with Crippen LogP contribution in [0.25, 0.3) is 0 Å². The molecule has 2 aliphatic rings. The van der Waals surface area contributed by atoms with E-state index < -0.39 is 5.92 Å². The van der Waals surface area contributed by atoms with Gasteiger partial charge in [-0.1, -0.05) is 53.3 Å². The lowest BCUT2D eigenvalue weighted by Crippen LogP contribution is -2.29. The van der Waals surface area contributed by atoms with Crippen molar-refractivity contribution in [3.05, 3.63) is 39.2 Å². The molecule has 0 aromatic heterocycles. The number of hydrogen-bond acceptors (Lipinski definition) is 4. The lowest BCUT2D eigenvalue weighted by Gasteiger charge is -2.13. The van der Waals surface area contributed by atoms with Crippen molar-refractivity contribution in [2.24, 2.45) is 0 Å². The number of carbonyl (C=O) groups excluding carboxylic acids is 2. The van der Waals surface area contributed by atoms with E-state index in [4.69, 9.17) is 12.2 Å². The molecule has 0 unspecified atom stereocenters. The fraction of sp³-hybridized carbons (Fsp3) is 0.312. The Balaban J connectivity index is 1.88. The van der Waals surface area contributed by atoms with Gasteiger partial charge in [0.1, 0.15) is 4.32 Å². The number of rotatable bonds is 4. The summed E-state index contributed by atoms with van der Waals surface area (Å²) in [5, 5.41) is 2.85. The Morgan fingerprint density at radius 1 is 1.43 bits per heavy atom. The molecule has 23 heavy (non-hydrogen) atoms. The van der Waals surface area contributed by atoms with Crippen molar-refractivity contribution in [3.63, 3.8) is 0 Å². The number of anilines is 1. The minimum atomic E-state index is -0.456. The summed E-state index contributed by atoms with van der Waals surface area (Å²) in [7, 11) is 0. The van der Waals surface area contributed by atoms with Gasteiger partial charge in [-0.05, 0) is 36.3 Å². The predicted molar refractivity (Wildman–Crippen MR) is 100 cm³/mol. The normalized spacial score (nSPS) is 22.0. The predicted octanol–water partition coefficient (Wildman–Crippen LogP) is 4.03. The van der Waals surface area contributed by atoms with E-state index in [0.29, 0.717) is 15.8 Å². The summed E-state index contributed by atoms with van der Waals surface area (Å²) in [6, 6.07) is 5.65. The van der Waals surface area contributed by atoms with E-state index in [1.807, 2.05) is 18.2 Å². The monoisotopic (exact) mass is 410 g/mol. The van der Waals surface area contributed by atoms with Gasteiger partial charge in [-0.25, -0.2) is 0 Å². The van der Waals surface area contributed by atoms with Crippen molar-refractivity contribution < 1.29 is 9.59 Å². The van der Waals surface area contributed by atoms with E-state index in [1.165, 1.54) is 11.8 Å². The van der Waals surface area contributed by atoms with Crippen LogP contribution in [0, 0.1) is 0 Å². The third-order valence-electron chi connectivity index (χ3n) is 3.82. The van der Waals surface area contributed by atoms with E-state index in [0.717, 1.165) is 28.6 Å². The quantitative estimate of drug-likeness (QED) is 0.601. The van der Waals surface area contributed by atoms with Crippen LogP contribution in [0.5, 0.6) is 0 Å². The van der Waals surface area contributed by atoms with E-state index in [9.17, 15) is 9.59 Å². The van der Waals surface area contributed by atoms with Crippen LogP contribution in [0.1, 0.15) is 31.2 Å². The van der Waals surface area contributed by atoms with Gasteiger partial charge < -0.3 is 5.32 Å². The number of nitrogens with zero attached hydrogens (tertiary/aromatic N) is 1. The Labute approximate surface area is 152 Å². The molecule has 1 saturated heterocycles. The molecular formula is C16H15BrN2O2S2. The smallest absolute Gasteiger partial charge is 0.265 e. The van der Waals surface area contributed by atoms with Crippen molar-refractivity contribution in [2.45, 2.75) is 25.7 Å². The number of halogens is 1. The Kier molecular flexibility index (Phi) is 4.89. The van der Waals surface area contributed by atoms with Crippen LogP contribution in [0.4, 0.5) is 5.69 Å². The van der Waals surface area contributed by atoms with Crippen molar-refractivity contribution in [3.8, 4) is 0 Å². The van der Waals surface area contributed by atoms with Gasteiger partial charge in [0.05, 0.1) is 10.8 Å². The maximum Gasteiger partial charge on any atom is 0.265 e. The standard InChI is InChI=1S/C16H15BrN2O2S2/c1-2-3-6-19-15(21)13(23-16(19)22)8-11-10-7-9(17)4-5-12(10)18-14(11)20/h4-5,7-8,11H,2-3,6H2,1H3,(H,18,20)/b13-8-/t11-/m1/s1. The number of hydrogen-bond donors (Lipinski definition) is 1. The molecule has 1 aromatic carbocycles. The summed E-state index contributed by atoms with van der Waals surface area (Å²) >= 11 is 10.00. The van der Waals surface area contributed by atoms with Gasteiger partial charge in [-0.3, -0.25) is 14.5 Å². The van der Waals surface area contributed by atoms with Crippen LogP contribution >= 0.6 is 39.9 Å². The lowest BCUT2D eigenvalue weighted by molar-refractivity contribution is -0.122. The number of thioether (sulfide) groups is 1. The van der Waals surface area contributed by atoms with Crippen molar-refractivity contribution >= 4 is 61.7 Å². The molecule has 0 radical (unpaired) electrons. The number of fused-ring (bicyclic) bond motifs is 1. The third kappa shape index (κ3) is 3.22. The Bertz CT molecular complexity index is 733. The Hall–Kier alpha value is -1.18. The SMILES string of the molecule is CCCCN1C(=O)/C(=C/[C@H]2C(=O)Nc3ccc(Br)cc32)SC1=S. The van der Waals surface area contributed by atoms with Crippen molar-refractivity contribution in [1.29, 1.82) is 0 Å². The van der Waals surface area contributed by atoms with Crippen LogP contribution in [0.2, 0.25) is 0 Å². The molecule has 7 heteroatoms. The zero-order chi connectivity index (χ0) is 16.6. The lowest BCUT2D eigenvalue weighted by atomic mass is 10.00. The molecular weight excluding hydrogens is 396 g/mol. The number of carbonyl (C=O) groups is 2. The molecule has 120 valence electrons. The minimum absolute atomic E-state index is 0.0929. The third-order valence-corrected chi connectivity index (χ3v) is 5.71. The highest BCUT2D eigenvalue weighted by atomic mass is 79.9. The summed E-state index contributed by atoms with van der Waals surface area (Å²) in [4.78, 5) is 26.9. The zero-order valence-electron chi connectivity index (χ0n) is 12.5. The van der Waals surface area contributed by atoms with Crippen molar-refractivity contribution in [2.75, 3.05) is 11.9 Å². The average Bonchev–Trinajstić information content (AvgIpc) is 2.96. The Morgan fingerprint density at radius 2 is 2.22 bits per heavy atom. The van der Waals surface area contributed by atoms with Gasteiger partial charge in [0.15, 0.2) is 0 Å². The van der Waals surface area contributed by atoms with Crippen LogP contribution in [0.15, 0.2) is 33.7 Å². The molecule has 2 amide bonds. The summed E-state index contributed by atoms with van der Waals surface area (Å²) in [5.41, 5.74) is 1.67. The summed E-state index contributed by atoms with van der Waals surface area (Å²) in [6.07, 6.45) is 3.65. The molecule has 0 aliphatic carbocycles. The molecule has 3 rings (SSSR count). The first kappa shape index (κ1) is 16.7. The van der Waals surface area contributed by atoms with Gasteiger partial charge in [-0.15, -0.1) is 0 Å². The number of nitrogens with one attached hydrogen (secondary N) is 1. The highest BCUT2D eigenvalue weighted by molar-refractivity contribution is 9.10. The number of thiocarbonyl (C=S) groups is 1. The van der Waals surface area contributed by atoms with Crippen LogP contribution in [-0.4, -0.2) is 27.6 Å². The van der Waals surface area contributed by atoms with E-state index in [-0.39, 0.29) is 11.8 Å². The second-order valence-electron chi connectivity index (χ2n) is 5.41. The Morgan fingerprint density at radius 3 is 2.96 bits per heavy atom. The molecule has 1 fully saturated rings. The summed E-state index contributed by atoms with van der Waals surface area (Å²) in [5.74, 6) is -0.663. The number of benzene rings is 1. The van der Waals surface area contributed by atoms with Gasteiger partial charge in [-0.2, -0.15) is 0 Å². The van der Waals surface area contributed by atoms with Crippen LogP contribution < -0.4 is 5.32 Å². The maximum atomic E-state index is 12.5. The molecule has 0 saturated carbocycles. The topological polar surface area (TPSA) is 49.4 Å². The van der Waals surface area contributed by atoms with Gasteiger partial charge in [0.25, 0.3) is 5.91 Å². The number of amides is 2. The fourth-order valence-electron chi connectivity index (χ4n) is 2.60. The first-order valence-electron chi connectivity index (χ1n) is 7.37. The molecule has 4 nitrogen and oxygen atoms in total. The van der Waals surface area contributed by atoms with E-state index >= 15 is 0 Å². The molecule has 1 aromatic rings. The largest absolute Gasteiger partial charge is 0.325 e. The number of unbranched alkanes of at least 4 members (excludes halogenated alkanes) is 1. The zero-order valence-corrected chi connectivity index (χ0v) is 15.7. The average molecular weight is 411 g/mol. The fourth-order valence-corrected chi connectivity index (χ4v) is 4.29. The molecule has 2 aliphatic heterocycles. The molecule has 2 heterocycles. The second kappa shape index (κ2) is 6.75. The second-order valence-corrected chi connectivity index (χ2v) is 8.00. The van der Waals surface area contributed by atoms with Crippen LogP contribution in [-0.2, 0) is 9.59 Å². The molecule has 1 N–H and O–H groups in total. The van der Waals surface area contributed by atoms with E-state index in [1.54, 1.807) is 11.0 Å². The minimum Gasteiger partial charge on any atom is -0.325 e. The molecule has 0 bridgehead atoms.